The lowest BCUT2D eigenvalue weighted by Gasteiger charge is -2.27. The normalized spacial score (nSPS) is 11.2. The number of hydrogen-bond acceptors (Lipinski definition) is 10. The van der Waals surface area contributed by atoms with Crippen molar-refractivity contribution in [2.24, 2.45) is 0 Å². The molecule has 0 aliphatic carbocycles. The van der Waals surface area contributed by atoms with Gasteiger partial charge in [-0.05, 0) is 73.5 Å². The summed E-state index contributed by atoms with van der Waals surface area (Å²) in [6.07, 6.45) is -4.57. The van der Waals surface area contributed by atoms with Gasteiger partial charge in [0.05, 0.1) is 35.7 Å². The van der Waals surface area contributed by atoms with Crippen molar-refractivity contribution in [1.82, 2.24) is 9.88 Å². The molecule has 12 nitrogen and oxygen atoms in total. The molecule has 15 heteroatoms. The summed E-state index contributed by atoms with van der Waals surface area (Å²) in [6.45, 7) is 1.93. The Kier molecular flexibility index (Phi) is 12.3. The van der Waals surface area contributed by atoms with Gasteiger partial charge in [0.15, 0.2) is 0 Å². The maximum absolute atomic E-state index is 13.5. The SMILES string of the molecule is CCOC(=O)C(COC(=O)Oc1ccc(NC(=O)c2ccccc2-c2ccc(C(F)(F)F)cc2)c(C(=O)N(C)C)c1)(C(=O)OCC)c1ccccn1. The summed E-state index contributed by atoms with van der Waals surface area (Å²) in [4.78, 5) is 71.4. The second-order valence-electron chi connectivity index (χ2n) is 11.2. The molecule has 0 fully saturated rings. The fraction of sp³-hybridized carbons (Fsp3) is 0.243. The van der Waals surface area contributed by atoms with Crippen LogP contribution in [0.5, 0.6) is 5.75 Å². The zero-order chi connectivity index (χ0) is 38.1. The van der Waals surface area contributed by atoms with Crippen LogP contribution in [0.1, 0.15) is 45.8 Å². The molecule has 3 aromatic carbocycles. The van der Waals surface area contributed by atoms with Crippen molar-refractivity contribution in [2.45, 2.75) is 25.4 Å². The average Bonchev–Trinajstić information content (AvgIpc) is 3.12. The standard InChI is InChI=1S/C37H34F3N3O9/c1-5-49-33(46)36(34(47)50-6-2,30-13-9-10-20-41-30)22-51-35(48)52-25-18-19-29(28(21-25)32(45)43(3)4)42-31(44)27-12-8-7-11-26(27)23-14-16-24(17-15-23)37(38,39)40/h7-21H,5-6,22H2,1-4H3,(H,42,44). The van der Waals surface area contributed by atoms with Crippen molar-refractivity contribution in [3.8, 4) is 16.9 Å². The van der Waals surface area contributed by atoms with Crippen LogP contribution in [0.2, 0.25) is 0 Å². The van der Waals surface area contributed by atoms with Crippen molar-refractivity contribution in [2.75, 3.05) is 39.2 Å². The third-order valence-electron chi connectivity index (χ3n) is 7.53. The predicted molar refractivity (Wildman–Crippen MR) is 180 cm³/mol. The number of benzene rings is 3. The minimum absolute atomic E-state index is 0.0189. The highest BCUT2D eigenvalue weighted by atomic mass is 19.4. The van der Waals surface area contributed by atoms with E-state index in [-0.39, 0.29) is 41.5 Å². The van der Waals surface area contributed by atoms with Gasteiger partial charge in [0.2, 0.25) is 5.41 Å². The number of aromatic nitrogens is 1. The minimum atomic E-state index is -4.53. The van der Waals surface area contributed by atoms with Gasteiger partial charge in [-0.15, -0.1) is 0 Å². The van der Waals surface area contributed by atoms with E-state index < -0.39 is 53.7 Å². The summed E-state index contributed by atoms with van der Waals surface area (Å²) in [6, 6.07) is 18.7. The van der Waals surface area contributed by atoms with Gasteiger partial charge in [-0.3, -0.25) is 24.2 Å². The number of alkyl halides is 3. The van der Waals surface area contributed by atoms with Gasteiger partial charge in [-0.2, -0.15) is 13.2 Å². The number of ether oxygens (including phenoxy) is 4. The van der Waals surface area contributed by atoms with E-state index >= 15 is 0 Å². The Hall–Kier alpha value is -6.25. The number of amides is 2. The number of carbonyl (C=O) groups is 5. The largest absolute Gasteiger partial charge is 0.513 e. The maximum Gasteiger partial charge on any atom is 0.513 e. The van der Waals surface area contributed by atoms with E-state index in [4.69, 9.17) is 18.9 Å². The molecule has 0 spiro atoms. The number of hydrogen-bond donors (Lipinski definition) is 1. The molecule has 0 unspecified atom stereocenters. The predicted octanol–water partition coefficient (Wildman–Crippen LogP) is 6.30. The van der Waals surface area contributed by atoms with Crippen LogP contribution in [-0.2, 0) is 35.4 Å². The molecular weight excluding hydrogens is 687 g/mol. The fourth-order valence-corrected chi connectivity index (χ4v) is 4.98. The summed E-state index contributed by atoms with van der Waals surface area (Å²) >= 11 is 0. The van der Waals surface area contributed by atoms with Gasteiger partial charge in [0.25, 0.3) is 11.8 Å². The lowest BCUT2D eigenvalue weighted by atomic mass is 9.84. The first-order valence-electron chi connectivity index (χ1n) is 15.8. The van der Waals surface area contributed by atoms with E-state index in [2.05, 4.69) is 10.3 Å². The molecule has 1 N–H and O–H groups in total. The van der Waals surface area contributed by atoms with Crippen LogP contribution >= 0.6 is 0 Å². The Morgan fingerprint density at radius 2 is 1.40 bits per heavy atom. The Balaban J connectivity index is 1.60. The summed E-state index contributed by atoms with van der Waals surface area (Å²) in [5.74, 6) is -3.62. The lowest BCUT2D eigenvalue weighted by molar-refractivity contribution is -0.167. The number of esters is 2. The van der Waals surface area contributed by atoms with Crippen molar-refractivity contribution in [1.29, 1.82) is 0 Å². The number of anilines is 1. The molecule has 0 bridgehead atoms. The number of carbonyl (C=O) groups excluding carboxylic acids is 5. The van der Waals surface area contributed by atoms with Gasteiger partial charge in [0, 0.05) is 25.9 Å². The summed E-state index contributed by atoms with van der Waals surface area (Å²) in [5.41, 5.74) is -2.52. The number of nitrogens with one attached hydrogen (secondary N) is 1. The van der Waals surface area contributed by atoms with Crippen molar-refractivity contribution in [3.63, 3.8) is 0 Å². The molecule has 0 atom stereocenters. The molecule has 1 heterocycles. The van der Waals surface area contributed by atoms with Gasteiger partial charge in [-0.25, -0.2) is 4.79 Å². The van der Waals surface area contributed by atoms with Gasteiger partial charge in [-0.1, -0.05) is 36.4 Å². The molecule has 0 saturated heterocycles. The smallest absolute Gasteiger partial charge is 0.465 e. The van der Waals surface area contributed by atoms with E-state index in [9.17, 15) is 37.1 Å². The van der Waals surface area contributed by atoms with Crippen molar-refractivity contribution >= 4 is 35.6 Å². The molecule has 0 saturated carbocycles. The molecule has 4 rings (SSSR count). The van der Waals surface area contributed by atoms with Crippen LogP contribution in [0.25, 0.3) is 11.1 Å². The highest BCUT2D eigenvalue weighted by Gasteiger charge is 2.53. The van der Waals surface area contributed by atoms with Crippen LogP contribution < -0.4 is 10.1 Å². The molecule has 272 valence electrons. The average molecular weight is 722 g/mol. The molecule has 0 aliphatic heterocycles. The van der Waals surface area contributed by atoms with Gasteiger partial charge in [0.1, 0.15) is 12.4 Å². The molecule has 4 aromatic rings. The van der Waals surface area contributed by atoms with Crippen molar-refractivity contribution < 1.29 is 56.1 Å². The minimum Gasteiger partial charge on any atom is -0.465 e. The summed E-state index contributed by atoms with van der Waals surface area (Å²) < 4.78 is 60.2. The van der Waals surface area contributed by atoms with Crippen LogP contribution in [0.4, 0.5) is 23.7 Å². The summed E-state index contributed by atoms with van der Waals surface area (Å²) in [5, 5.41) is 2.65. The highest BCUT2D eigenvalue weighted by Crippen LogP contribution is 2.33. The fourth-order valence-electron chi connectivity index (χ4n) is 4.98. The molecule has 2 amide bonds. The second-order valence-corrected chi connectivity index (χ2v) is 11.2. The van der Waals surface area contributed by atoms with Crippen LogP contribution in [0.15, 0.2) is 91.1 Å². The quantitative estimate of drug-likeness (QED) is 0.0764. The van der Waals surface area contributed by atoms with Crippen molar-refractivity contribution in [3.05, 3.63) is 114 Å². The Morgan fingerprint density at radius 3 is 1.98 bits per heavy atom. The molecule has 1 aromatic heterocycles. The third kappa shape index (κ3) is 8.72. The summed E-state index contributed by atoms with van der Waals surface area (Å²) in [7, 11) is 2.91. The maximum atomic E-state index is 13.5. The van der Waals surface area contributed by atoms with E-state index in [0.29, 0.717) is 11.1 Å². The zero-order valence-corrected chi connectivity index (χ0v) is 28.5. The van der Waals surface area contributed by atoms with Crippen LogP contribution in [0, 0.1) is 0 Å². The third-order valence-corrected chi connectivity index (χ3v) is 7.53. The number of pyridine rings is 1. The van der Waals surface area contributed by atoms with Crippen LogP contribution in [0.3, 0.4) is 0 Å². The number of halogens is 3. The van der Waals surface area contributed by atoms with E-state index in [1.807, 2.05) is 0 Å². The molecular formula is C37H34F3N3O9. The number of nitrogens with zero attached hydrogens (tertiary/aromatic N) is 2. The molecule has 0 aliphatic rings. The monoisotopic (exact) mass is 721 g/mol. The lowest BCUT2D eigenvalue weighted by Crippen LogP contribution is -2.51. The Labute approximate surface area is 296 Å². The van der Waals surface area contributed by atoms with Gasteiger partial charge < -0.3 is 29.2 Å². The Bertz CT molecular complexity index is 1910. The zero-order valence-electron chi connectivity index (χ0n) is 28.5. The van der Waals surface area contributed by atoms with Gasteiger partial charge >= 0.3 is 24.3 Å². The first kappa shape index (κ1) is 38.6. The van der Waals surface area contributed by atoms with E-state index in [1.54, 1.807) is 24.3 Å². The molecule has 0 radical (unpaired) electrons. The first-order valence-corrected chi connectivity index (χ1v) is 15.8. The highest BCUT2D eigenvalue weighted by molar-refractivity contribution is 6.12. The Morgan fingerprint density at radius 1 is 0.769 bits per heavy atom. The first-order chi connectivity index (χ1) is 24.7. The van der Waals surface area contributed by atoms with E-state index in [0.717, 1.165) is 12.1 Å². The molecule has 52 heavy (non-hydrogen) atoms. The number of rotatable bonds is 12. The van der Waals surface area contributed by atoms with Crippen LogP contribution in [-0.4, -0.2) is 73.7 Å². The topological polar surface area (TPSA) is 150 Å². The second kappa shape index (κ2) is 16.6. The van der Waals surface area contributed by atoms with E-state index in [1.165, 1.54) is 87.6 Å².